The van der Waals surface area contributed by atoms with Gasteiger partial charge in [0.25, 0.3) is 0 Å². The number of hydrogen-bond donors (Lipinski definition) is 1. The van der Waals surface area contributed by atoms with Gasteiger partial charge in [-0.2, -0.15) is 10.2 Å². The van der Waals surface area contributed by atoms with Gasteiger partial charge in [0.15, 0.2) is 0 Å². The van der Waals surface area contributed by atoms with Gasteiger partial charge in [-0.3, -0.25) is 4.79 Å². The third kappa shape index (κ3) is 9.44. The van der Waals surface area contributed by atoms with E-state index < -0.39 is 0 Å². The first kappa shape index (κ1) is 27.4. The number of rotatable bonds is 16. The summed E-state index contributed by atoms with van der Waals surface area (Å²) in [6, 6.07) is 18.3. The third-order valence-corrected chi connectivity index (χ3v) is 6.46. The Hall–Kier alpha value is -3.21. The first-order valence-electron chi connectivity index (χ1n) is 13.7. The Balaban J connectivity index is 1.45. The predicted molar refractivity (Wildman–Crippen MR) is 151 cm³/mol. The molecule has 2 aromatic carbocycles. The quantitative estimate of drug-likeness (QED) is 0.127. The lowest BCUT2D eigenvalue weighted by molar-refractivity contribution is -0.121. The summed E-state index contributed by atoms with van der Waals surface area (Å²) in [5.41, 5.74) is 7.57. The van der Waals surface area contributed by atoms with E-state index in [2.05, 4.69) is 36.5 Å². The highest BCUT2D eigenvalue weighted by molar-refractivity contribution is 5.89. The second kappa shape index (κ2) is 15.7. The molecule has 0 fully saturated rings. The minimum absolute atomic E-state index is 0.0327. The molecule has 0 bridgehead atoms. The molecule has 192 valence electrons. The average Bonchev–Trinajstić information content (AvgIpc) is 3.32. The molecule has 36 heavy (non-hydrogen) atoms. The van der Waals surface area contributed by atoms with Crippen LogP contribution in [0.15, 0.2) is 65.9 Å². The molecule has 0 unspecified atom stereocenters. The standard InChI is InChI=1S/C31H42N4O/c1-3-4-5-6-7-8-9-10-11-12-16-22-30(36)33-32-24-28-25-35(29-20-14-13-15-21-29)34-31(28)27-19-17-18-26(2)23-27/h13-15,17-21,23-25H,3-12,16,22H2,1-2H3,(H,33,36)/b32-24+. The first-order valence-corrected chi connectivity index (χ1v) is 13.7. The normalized spacial score (nSPS) is 11.3. The van der Waals surface area contributed by atoms with Crippen LogP contribution in [0.3, 0.4) is 0 Å². The number of nitrogens with zero attached hydrogens (tertiary/aromatic N) is 3. The number of nitrogens with one attached hydrogen (secondary N) is 1. The van der Waals surface area contributed by atoms with Gasteiger partial charge in [0.2, 0.25) is 5.91 Å². The Morgan fingerprint density at radius 2 is 1.56 bits per heavy atom. The summed E-state index contributed by atoms with van der Waals surface area (Å²) in [4.78, 5) is 12.3. The van der Waals surface area contributed by atoms with Gasteiger partial charge in [0.05, 0.1) is 11.9 Å². The molecule has 0 aliphatic carbocycles. The number of hydrogen-bond acceptors (Lipinski definition) is 3. The molecule has 1 N–H and O–H groups in total. The number of aromatic nitrogens is 2. The number of carbonyl (C=O) groups excluding carboxylic acids is 1. The molecule has 0 radical (unpaired) electrons. The lowest BCUT2D eigenvalue weighted by Gasteiger charge is -2.03. The fraction of sp³-hybridized carbons (Fsp3) is 0.452. The SMILES string of the molecule is CCCCCCCCCCCCCC(=O)N/N=C/c1cn(-c2ccccc2)nc1-c1cccc(C)c1. The van der Waals surface area contributed by atoms with Gasteiger partial charge in [-0.15, -0.1) is 0 Å². The first-order chi connectivity index (χ1) is 17.7. The van der Waals surface area contributed by atoms with Crippen molar-refractivity contribution in [2.45, 2.75) is 90.9 Å². The number of carbonyl (C=O) groups is 1. The van der Waals surface area contributed by atoms with Gasteiger partial charge in [0.1, 0.15) is 5.69 Å². The zero-order valence-electron chi connectivity index (χ0n) is 22.1. The second-order valence-corrected chi connectivity index (χ2v) is 9.66. The summed E-state index contributed by atoms with van der Waals surface area (Å²) in [5, 5.41) is 9.06. The van der Waals surface area contributed by atoms with E-state index in [1.807, 2.05) is 53.3 Å². The van der Waals surface area contributed by atoms with Crippen LogP contribution in [-0.2, 0) is 4.79 Å². The van der Waals surface area contributed by atoms with Gasteiger partial charge >= 0.3 is 0 Å². The molecule has 0 saturated heterocycles. The number of benzene rings is 2. The van der Waals surface area contributed by atoms with E-state index in [4.69, 9.17) is 5.10 Å². The Bertz CT molecular complexity index is 1070. The van der Waals surface area contributed by atoms with Crippen LogP contribution < -0.4 is 5.43 Å². The monoisotopic (exact) mass is 486 g/mol. The molecule has 3 rings (SSSR count). The van der Waals surface area contributed by atoms with Crippen molar-refractivity contribution in [3.8, 4) is 16.9 Å². The van der Waals surface area contributed by atoms with Crippen LogP contribution in [0.25, 0.3) is 16.9 Å². The highest BCUT2D eigenvalue weighted by atomic mass is 16.2. The van der Waals surface area contributed by atoms with Gasteiger partial charge in [-0.1, -0.05) is 113 Å². The molecule has 1 heterocycles. The molecule has 0 aliphatic rings. The fourth-order valence-electron chi connectivity index (χ4n) is 4.39. The predicted octanol–water partition coefficient (Wildman–Crippen LogP) is 8.00. The van der Waals surface area contributed by atoms with E-state index in [9.17, 15) is 4.79 Å². The largest absolute Gasteiger partial charge is 0.273 e. The van der Waals surface area contributed by atoms with Crippen molar-refractivity contribution in [1.82, 2.24) is 15.2 Å². The number of hydrazone groups is 1. The van der Waals surface area contributed by atoms with E-state index in [1.165, 1.54) is 63.4 Å². The Labute approximate surface area is 217 Å². The maximum absolute atomic E-state index is 12.3. The lowest BCUT2D eigenvalue weighted by Crippen LogP contribution is -2.16. The number of aryl methyl sites for hydroxylation is 1. The molecule has 5 nitrogen and oxygen atoms in total. The molecule has 1 aromatic heterocycles. The van der Waals surface area contributed by atoms with Crippen LogP contribution in [0, 0.1) is 6.92 Å². The zero-order valence-corrected chi connectivity index (χ0v) is 22.1. The van der Waals surface area contributed by atoms with Crippen molar-refractivity contribution >= 4 is 12.1 Å². The topological polar surface area (TPSA) is 59.3 Å². The second-order valence-electron chi connectivity index (χ2n) is 9.66. The molecule has 0 atom stereocenters. The zero-order chi connectivity index (χ0) is 25.4. The number of unbranched alkanes of at least 4 members (excludes halogenated alkanes) is 10. The van der Waals surface area contributed by atoms with Crippen LogP contribution in [0.2, 0.25) is 0 Å². The van der Waals surface area contributed by atoms with E-state index in [-0.39, 0.29) is 5.91 Å². The highest BCUT2D eigenvalue weighted by Crippen LogP contribution is 2.23. The molecular weight excluding hydrogens is 444 g/mol. The minimum atomic E-state index is -0.0327. The van der Waals surface area contributed by atoms with Crippen LogP contribution in [0.4, 0.5) is 0 Å². The third-order valence-electron chi connectivity index (χ3n) is 6.46. The highest BCUT2D eigenvalue weighted by Gasteiger charge is 2.11. The summed E-state index contributed by atoms with van der Waals surface area (Å²) >= 11 is 0. The number of amides is 1. The van der Waals surface area contributed by atoms with Crippen molar-refractivity contribution in [2.75, 3.05) is 0 Å². The van der Waals surface area contributed by atoms with Crippen molar-refractivity contribution < 1.29 is 4.79 Å². The molecular formula is C31H42N4O. The lowest BCUT2D eigenvalue weighted by atomic mass is 10.1. The molecule has 1 amide bonds. The Kier molecular flexibility index (Phi) is 12.0. The number of para-hydroxylation sites is 1. The molecule has 0 saturated carbocycles. The Morgan fingerprint density at radius 1 is 0.889 bits per heavy atom. The summed E-state index contributed by atoms with van der Waals surface area (Å²) < 4.78 is 1.85. The van der Waals surface area contributed by atoms with E-state index in [1.54, 1.807) is 6.21 Å². The van der Waals surface area contributed by atoms with Crippen LogP contribution in [0.1, 0.15) is 95.1 Å². The van der Waals surface area contributed by atoms with Crippen LogP contribution in [0.5, 0.6) is 0 Å². The maximum Gasteiger partial charge on any atom is 0.240 e. The van der Waals surface area contributed by atoms with Gasteiger partial charge < -0.3 is 0 Å². The minimum Gasteiger partial charge on any atom is -0.273 e. The van der Waals surface area contributed by atoms with Crippen LogP contribution >= 0.6 is 0 Å². The van der Waals surface area contributed by atoms with Crippen molar-refractivity contribution in [3.05, 3.63) is 71.9 Å². The molecule has 0 spiro atoms. The van der Waals surface area contributed by atoms with Crippen molar-refractivity contribution in [3.63, 3.8) is 0 Å². The summed E-state index contributed by atoms with van der Waals surface area (Å²) in [6.45, 7) is 4.33. The summed E-state index contributed by atoms with van der Waals surface area (Å²) in [6.07, 6.45) is 18.2. The van der Waals surface area contributed by atoms with Gasteiger partial charge in [0, 0.05) is 23.7 Å². The maximum atomic E-state index is 12.3. The fourth-order valence-corrected chi connectivity index (χ4v) is 4.39. The van der Waals surface area contributed by atoms with Gasteiger partial charge in [-0.05, 0) is 31.5 Å². The summed E-state index contributed by atoms with van der Waals surface area (Å²) in [5.74, 6) is -0.0327. The van der Waals surface area contributed by atoms with E-state index in [0.717, 1.165) is 35.3 Å². The van der Waals surface area contributed by atoms with E-state index in [0.29, 0.717) is 6.42 Å². The molecule has 3 aromatic rings. The van der Waals surface area contributed by atoms with Crippen LogP contribution in [-0.4, -0.2) is 21.9 Å². The van der Waals surface area contributed by atoms with Crippen molar-refractivity contribution in [1.29, 1.82) is 0 Å². The van der Waals surface area contributed by atoms with E-state index >= 15 is 0 Å². The van der Waals surface area contributed by atoms with Gasteiger partial charge in [-0.25, -0.2) is 10.1 Å². The van der Waals surface area contributed by atoms with Crippen molar-refractivity contribution in [2.24, 2.45) is 5.10 Å². The Morgan fingerprint density at radius 3 is 2.22 bits per heavy atom. The smallest absolute Gasteiger partial charge is 0.240 e. The summed E-state index contributed by atoms with van der Waals surface area (Å²) in [7, 11) is 0. The molecule has 5 heteroatoms. The average molecular weight is 487 g/mol. The molecule has 0 aliphatic heterocycles.